The van der Waals surface area contributed by atoms with E-state index < -0.39 is 6.04 Å². The van der Waals surface area contributed by atoms with Crippen molar-refractivity contribution in [1.29, 1.82) is 0 Å². The summed E-state index contributed by atoms with van der Waals surface area (Å²) in [6.45, 7) is 4.97. The predicted octanol–water partition coefficient (Wildman–Crippen LogP) is 5.00. The number of carbonyl (C=O) groups excluding carboxylic acids is 2. The minimum atomic E-state index is -0.554. The Bertz CT molecular complexity index is 762. The van der Waals surface area contributed by atoms with Crippen molar-refractivity contribution >= 4 is 23.4 Å². The Morgan fingerprint density at radius 2 is 1.66 bits per heavy atom. The summed E-state index contributed by atoms with van der Waals surface area (Å²) in [4.78, 5) is 27.6. The minimum absolute atomic E-state index is 0.0374. The van der Waals surface area contributed by atoms with E-state index in [4.69, 9.17) is 11.6 Å². The van der Waals surface area contributed by atoms with Crippen LogP contribution in [0.5, 0.6) is 0 Å². The summed E-state index contributed by atoms with van der Waals surface area (Å²) in [5.41, 5.74) is 1.99. The van der Waals surface area contributed by atoms with E-state index in [1.807, 2.05) is 61.5 Å². The van der Waals surface area contributed by atoms with Gasteiger partial charge >= 0.3 is 0 Å². The van der Waals surface area contributed by atoms with Gasteiger partial charge in [-0.2, -0.15) is 0 Å². The molecule has 0 spiro atoms. The van der Waals surface area contributed by atoms with Gasteiger partial charge in [0, 0.05) is 31.0 Å². The van der Waals surface area contributed by atoms with Crippen LogP contribution in [0, 0.1) is 0 Å². The molecule has 29 heavy (non-hydrogen) atoms. The fourth-order valence-corrected chi connectivity index (χ4v) is 3.37. The van der Waals surface area contributed by atoms with E-state index in [9.17, 15) is 9.59 Å². The lowest BCUT2D eigenvalue weighted by molar-refractivity contribution is -0.141. The summed E-state index contributed by atoms with van der Waals surface area (Å²) < 4.78 is 0. The monoisotopic (exact) mass is 414 g/mol. The number of nitrogens with one attached hydrogen (secondary N) is 1. The first kappa shape index (κ1) is 23.0. The second-order valence-corrected chi connectivity index (χ2v) is 7.64. The van der Waals surface area contributed by atoms with Crippen molar-refractivity contribution in [2.75, 3.05) is 6.54 Å². The van der Waals surface area contributed by atoms with Crippen LogP contribution in [-0.4, -0.2) is 29.3 Å². The average molecular weight is 415 g/mol. The van der Waals surface area contributed by atoms with Crippen LogP contribution in [0.1, 0.15) is 50.7 Å². The maximum atomic E-state index is 13.1. The van der Waals surface area contributed by atoms with Crippen molar-refractivity contribution in [3.8, 4) is 0 Å². The maximum Gasteiger partial charge on any atom is 0.243 e. The lowest BCUT2D eigenvalue weighted by atomic mass is 10.0. The molecule has 0 aliphatic rings. The molecule has 0 aliphatic heterocycles. The third-order valence-corrected chi connectivity index (χ3v) is 5.17. The van der Waals surface area contributed by atoms with E-state index in [0.29, 0.717) is 31.0 Å². The summed E-state index contributed by atoms with van der Waals surface area (Å²) in [5.74, 6) is -0.134. The highest BCUT2D eigenvalue weighted by Crippen LogP contribution is 2.17. The molecule has 2 rings (SSSR count). The quantitative estimate of drug-likeness (QED) is 0.526. The van der Waals surface area contributed by atoms with Gasteiger partial charge in [-0.3, -0.25) is 9.59 Å². The number of amides is 2. The zero-order chi connectivity index (χ0) is 21.1. The third-order valence-electron chi connectivity index (χ3n) is 4.92. The number of halogens is 1. The number of hydrogen-bond donors (Lipinski definition) is 1. The topological polar surface area (TPSA) is 49.4 Å². The fraction of sp³-hybridized carbons (Fsp3) is 0.417. The van der Waals surface area contributed by atoms with E-state index >= 15 is 0 Å². The van der Waals surface area contributed by atoms with Crippen molar-refractivity contribution in [3.05, 3.63) is 70.7 Å². The molecule has 1 N–H and O–H groups in total. The first-order valence-corrected chi connectivity index (χ1v) is 10.8. The van der Waals surface area contributed by atoms with Crippen molar-refractivity contribution in [1.82, 2.24) is 10.2 Å². The van der Waals surface area contributed by atoms with E-state index in [2.05, 4.69) is 12.2 Å². The van der Waals surface area contributed by atoms with Gasteiger partial charge in [0.25, 0.3) is 0 Å². The number of benzene rings is 2. The molecule has 156 valence electrons. The Balaban J connectivity index is 2.25. The first-order chi connectivity index (χ1) is 14.0. The molecular weight excluding hydrogens is 384 g/mol. The van der Waals surface area contributed by atoms with Crippen molar-refractivity contribution in [2.45, 2.75) is 58.5 Å². The molecule has 0 heterocycles. The standard InChI is InChI=1S/C24H31ClN2O2/c1-3-5-9-16-26-24(29)22(17-19-10-7-6-8-11-19)27(23(28)4-2)18-20-12-14-21(25)15-13-20/h6-8,10-15,22H,3-5,9,16-18H2,1-2H3,(H,26,29)/t22-/m0/s1. The molecule has 0 aliphatic carbocycles. The molecule has 0 unspecified atom stereocenters. The van der Waals surface area contributed by atoms with Gasteiger partial charge in [0.05, 0.1) is 0 Å². The summed E-state index contributed by atoms with van der Waals surface area (Å²) in [6, 6.07) is 16.7. The molecular formula is C24H31ClN2O2. The fourth-order valence-electron chi connectivity index (χ4n) is 3.25. The normalized spacial score (nSPS) is 11.7. The van der Waals surface area contributed by atoms with Gasteiger partial charge in [-0.25, -0.2) is 0 Å². The number of rotatable bonds is 11. The van der Waals surface area contributed by atoms with Crippen LogP contribution in [0.2, 0.25) is 5.02 Å². The van der Waals surface area contributed by atoms with Gasteiger partial charge in [-0.1, -0.05) is 80.8 Å². The highest BCUT2D eigenvalue weighted by molar-refractivity contribution is 6.30. The SMILES string of the molecule is CCCCCNC(=O)[C@H](Cc1ccccc1)N(Cc1ccc(Cl)cc1)C(=O)CC. The van der Waals surface area contributed by atoms with E-state index in [1.165, 1.54) is 0 Å². The molecule has 4 nitrogen and oxygen atoms in total. The van der Waals surface area contributed by atoms with Crippen LogP contribution in [0.4, 0.5) is 0 Å². The summed E-state index contributed by atoms with van der Waals surface area (Å²) >= 11 is 6.00. The highest BCUT2D eigenvalue weighted by atomic mass is 35.5. The Morgan fingerprint density at radius 1 is 0.966 bits per heavy atom. The second kappa shape index (κ2) is 12.3. The van der Waals surface area contributed by atoms with Gasteiger partial charge in [0.1, 0.15) is 6.04 Å². The average Bonchev–Trinajstić information content (AvgIpc) is 2.75. The van der Waals surface area contributed by atoms with E-state index in [0.717, 1.165) is 30.4 Å². The van der Waals surface area contributed by atoms with Gasteiger partial charge in [0.15, 0.2) is 0 Å². The van der Waals surface area contributed by atoms with Crippen LogP contribution in [0.3, 0.4) is 0 Å². The Kier molecular flexibility index (Phi) is 9.72. The predicted molar refractivity (Wildman–Crippen MR) is 119 cm³/mol. The van der Waals surface area contributed by atoms with Crippen LogP contribution >= 0.6 is 11.6 Å². The molecule has 0 radical (unpaired) electrons. The zero-order valence-electron chi connectivity index (χ0n) is 17.4. The third kappa shape index (κ3) is 7.54. The van der Waals surface area contributed by atoms with Crippen LogP contribution in [0.25, 0.3) is 0 Å². The number of nitrogens with zero attached hydrogens (tertiary/aromatic N) is 1. The van der Waals surface area contributed by atoms with E-state index in [-0.39, 0.29) is 11.8 Å². The minimum Gasteiger partial charge on any atom is -0.354 e. The second-order valence-electron chi connectivity index (χ2n) is 7.21. The molecule has 1 atom stereocenters. The molecule has 0 saturated heterocycles. The zero-order valence-corrected chi connectivity index (χ0v) is 18.1. The summed E-state index contributed by atoms with van der Waals surface area (Å²) in [5, 5.41) is 3.69. The van der Waals surface area contributed by atoms with Gasteiger partial charge < -0.3 is 10.2 Å². The molecule has 2 aromatic rings. The Hall–Kier alpha value is -2.33. The first-order valence-electron chi connectivity index (χ1n) is 10.4. The molecule has 0 saturated carbocycles. The van der Waals surface area contributed by atoms with Gasteiger partial charge in [-0.15, -0.1) is 0 Å². The van der Waals surface area contributed by atoms with Crippen LogP contribution in [0.15, 0.2) is 54.6 Å². The molecule has 0 bridgehead atoms. The van der Waals surface area contributed by atoms with Crippen molar-refractivity contribution in [3.63, 3.8) is 0 Å². The molecule has 5 heteroatoms. The lowest BCUT2D eigenvalue weighted by Gasteiger charge is -2.31. The van der Waals surface area contributed by atoms with Crippen LogP contribution < -0.4 is 5.32 Å². The van der Waals surface area contributed by atoms with Gasteiger partial charge in [0.2, 0.25) is 11.8 Å². The lowest BCUT2D eigenvalue weighted by Crippen LogP contribution is -2.50. The molecule has 2 aromatic carbocycles. The Morgan fingerprint density at radius 3 is 2.28 bits per heavy atom. The molecule has 2 amide bonds. The number of unbranched alkanes of at least 4 members (excludes halogenated alkanes) is 2. The highest BCUT2D eigenvalue weighted by Gasteiger charge is 2.29. The van der Waals surface area contributed by atoms with Crippen molar-refractivity contribution in [2.24, 2.45) is 0 Å². The summed E-state index contributed by atoms with van der Waals surface area (Å²) in [6.07, 6.45) is 3.95. The van der Waals surface area contributed by atoms with Crippen LogP contribution in [-0.2, 0) is 22.6 Å². The molecule has 0 aromatic heterocycles. The molecule has 0 fully saturated rings. The smallest absolute Gasteiger partial charge is 0.243 e. The van der Waals surface area contributed by atoms with E-state index in [1.54, 1.807) is 4.90 Å². The number of hydrogen-bond acceptors (Lipinski definition) is 2. The Labute approximate surface area is 179 Å². The van der Waals surface area contributed by atoms with Gasteiger partial charge in [-0.05, 0) is 29.7 Å². The maximum absolute atomic E-state index is 13.1. The largest absolute Gasteiger partial charge is 0.354 e. The number of carbonyl (C=O) groups is 2. The summed E-state index contributed by atoms with van der Waals surface area (Å²) in [7, 11) is 0. The van der Waals surface area contributed by atoms with Crippen molar-refractivity contribution < 1.29 is 9.59 Å².